The number of nitrogens with zero attached hydrogens (tertiary/aromatic N) is 2. The van der Waals surface area contributed by atoms with Gasteiger partial charge in [0.05, 0.1) is 13.2 Å². The Morgan fingerprint density at radius 1 is 1.40 bits per heavy atom. The van der Waals surface area contributed by atoms with Gasteiger partial charge < -0.3 is 14.2 Å². The predicted molar refractivity (Wildman–Crippen MR) is 55.5 cm³/mol. The molecule has 1 heterocycles. The molecule has 0 radical (unpaired) electrons. The van der Waals surface area contributed by atoms with Crippen LogP contribution in [0.2, 0.25) is 0 Å². The topological polar surface area (TPSA) is 45.5 Å². The predicted octanol–water partition coefficient (Wildman–Crippen LogP) is 1.21. The summed E-state index contributed by atoms with van der Waals surface area (Å²) in [5.41, 5.74) is 0.775. The van der Waals surface area contributed by atoms with Gasteiger partial charge in [-0.2, -0.15) is 5.10 Å². The second kappa shape index (κ2) is 6.55. The lowest BCUT2D eigenvalue weighted by atomic mass is 10.4. The second-order valence-electron chi connectivity index (χ2n) is 3.00. The third-order valence-corrected chi connectivity index (χ3v) is 2.00. The highest BCUT2D eigenvalue weighted by atomic mass is 16.7. The van der Waals surface area contributed by atoms with E-state index in [2.05, 4.69) is 5.10 Å². The van der Waals surface area contributed by atoms with Crippen LogP contribution in [0.5, 0.6) is 0 Å². The zero-order chi connectivity index (χ0) is 11.1. The molecule has 5 heteroatoms. The summed E-state index contributed by atoms with van der Waals surface area (Å²) in [6.45, 7) is 4.11. The number of rotatable bonds is 7. The summed E-state index contributed by atoms with van der Waals surface area (Å²) in [4.78, 5) is 0. The van der Waals surface area contributed by atoms with Crippen molar-refractivity contribution in [2.45, 2.75) is 19.8 Å². The molecule has 0 aliphatic heterocycles. The van der Waals surface area contributed by atoms with Crippen molar-refractivity contribution in [2.24, 2.45) is 0 Å². The average molecular weight is 214 g/mol. The molecule has 0 aliphatic rings. The maximum Gasteiger partial charge on any atom is 0.202 e. The molecule has 0 amide bonds. The Bertz CT molecular complexity index is 271. The number of methoxy groups -OCH3 is 2. The zero-order valence-corrected chi connectivity index (χ0v) is 9.47. The van der Waals surface area contributed by atoms with Gasteiger partial charge in [-0.05, 0) is 13.0 Å². The summed E-state index contributed by atoms with van der Waals surface area (Å²) < 4.78 is 17.2. The van der Waals surface area contributed by atoms with Crippen molar-refractivity contribution in [1.82, 2.24) is 9.78 Å². The number of ether oxygens (including phenoxy) is 3. The Morgan fingerprint density at radius 2 is 2.13 bits per heavy atom. The van der Waals surface area contributed by atoms with E-state index in [0.717, 1.165) is 18.8 Å². The molecule has 5 nitrogen and oxygen atoms in total. The van der Waals surface area contributed by atoms with Crippen LogP contribution in [0, 0.1) is 0 Å². The molecule has 1 rings (SSSR count). The smallest absolute Gasteiger partial charge is 0.202 e. The lowest BCUT2D eigenvalue weighted by Gasteiger charge is -2.09. The largest absolute Gasteiger partial charge is 0.380 e. The molecule has 0 N–H and O–H groups in total. The fourth-order valence-corrected chi connectivity index (χ4v) is 1.27. The van der Waals surface area contributed by atoms with Crippen molar-refractivity contribution in [2.75, 3.05) is 27.4 Å². The van der Waals surface area contributed by atoms with E-state index in [1.165, 1.54) is 0 Å². The number of hydrogen-bond donors (Lipinski definition) is 0. The van der Waals surface area contributed by atoms with Crippen molar-refractivity contribution >= 4 is 0 Å². The van der Waals surface area contributed by atoms with Crippen LogP contribution in [-0.2, 0) is 20.8 Å². The molecule has 0 aliphatic carbocycles. The van der Waals surface area contributed by atoms with Crippen LogP contribution in [-0.4, -0.2) is 37.2 Å². The van der Waals surface area contributed by atoms with Gasteiger partial charge in [-0.1, -0.05) is 0 Å². The molecular weight excluding hydrogens is 196 g/mol. The third-order valence-electron chi connectivity index (χ3n) is 2.00. The van der Waals surface area contributed by atoms with E-state index < -0.39 is 6.29 Å². The Balaban J connectivity index is 2.47. The first-order chi connectivity index (χ1) is 7.31. The summed E-state index contributed by atoms with van der Waals surface area (Å²) in [5, 5.41) is 4.31. The molecule has 0 fully saturated rings. The van der Waals surface area contributed by atoms with Crippen LogP contribution in [0.3, 0.4) is 0 Å². The van der Waals surface area contributed by atoms with Gasteiger partial charge in [0.25, 0.3) is 0 Å². The van der Waals surface area contributed by atoms with E-state index in [4.69, 9.17) is 14.2 Å². The molecule has 0 saturated heterocycles. The lowest BCUT2D eigenvalue weighted by Crippen LogP contribution is -2.09. The normalized spacial score (nSPS) is 11.2. The molecule has 0 spiro atoms. The molecule has 0 aromatic carbocycles. The maximum atomic E-state index is 5.24. The van der Waals surface area contributed by atoms with Crippen molar-refractivity contribution < 1.29 is 14.2 Å². The summed E-state index contributed by atoms with van der Waals surface area (Å²) in [6.07, 6.45) is 1.50. The minimum atomic E-state index is -0.390. The van der Waals surface area contributed by atoms with Crippen LogP contribution in [0.25, 0.3) is 0 Å². The molecule has 1 aromatic heterocycles. The molecular formula is C10H18N2O3. The lowest BCUT2D eigenvalue weighted by molar-refractivity contribution is -0.108. The first kappa shape index (κ1) is 12.2. The van der Waals surface area contributed by atoms with Crippen LogP contribution >= 0.6 is 0 Å². The van der Waals surface area contributed by atoms with E-state index in [1.807, 2.05) is 23.9 Å². The maximum absolute atomic E-state index is 5.24. The third kappa shape index (κ3) is 3.62. The number of hydrogen-bond acceptors (Lipinski definition) is 4. The molecule has 1 aromatic rings. The summed E-state index contributed by atoms with van der Waals surface area (Å²) >= 11 is 0. The minimum absolute atomic E-state index is 0.390. The minimum Gasteiger partial charge on any atom is -0.380 e. The molecule has 15 heavy (non-hydrogen) atoms. The van der Waals surface area contributed by atoms with Gasteiger partial charge in [-0.25, -0.2) is 0 Å². The van der Waals surface area contributed by atoms with Crippen molar-refractivity contribution in [3.63, 3.8) is 0 Å². The van der Waals surface area contributed by atoms with Crippen LogP contribution in [0.1, 0.15) is 18.9 Å². The highest BCUT2D eigenvalue weighted by Crippen LogP contribution is 2.13. The van der Waals surface area contributed by atoms with E-state index in [1.54, 1.807) is 14.2 Å². The van der Waals surface area contributed by atoms with Gasteiger partial charge in [-0.3, -0.25) is 4.68 Å². The van der Waals surface area contributed by atoms with Gasteiger partial charge in [0, 0.05) is 27.0 Å². The van der Waals surface area contributed by atoms with E-state index in [0.29, 0.717) is 6.61 Å². The first-order valence-electron chi connectivity index (χ1n) is 4.98. The van der Waals surface area contributed by atoms with E-state index >= 15 is 0 Å². The summed E-state index contributed by atoms with van der Waals surface area (Å²) in [6, 6.07) is 1.88. The van der Waals surface area contributed by atoms with Gasteiger partial charge in [0.2, 0.25) is 6.29 Å². The Hall–Kier alpha value is -0.910. The Kier molecular flexibility index (Phi) is 5.31. The summed E-state index contributed by atoms with van der Waals surface area (Å²) in [5.74, 6) is 0. The molecule has 0 saturated carbocycles. The fraction of sp³-hybridized carbons (Fsp3) is 0.700. The van der Waals surface area contributed by atoms with Gasteiger partial charge >= 0.3 is 0 Å². The average Bonchev–Trinajstić information content (AvgIpc) is 2.69. The monoisotopic (exact) mass is 214 g/mol. The van der Waals surface area contributed by atoms with Crippen LogP contribution in [0.15, 0.2) is 12.3 Å². The number of aromatic nitrogens is 2. The molecule has 0 atom stereocenters. The molecule has 0 bridgehead atoms. The van der Waals surface area contributed by atoms with Crippen molar-refractivity contribution in [1.29, 1.82) is 0 Å². The van der Waals surface area contributed by atoms with Crippen LogP contribution < -0.4 is 0 Å². The quantitative estimate of drug-likeness (QED) is 0.505. The Morgan fingerprint density at radius 3 is 2.73 bits per heavy atom. The van der Waals surface area contributed by atoms with E-state index in [-0.39, 0.29) is 0 Å². The van der Waals surface area contributed by atoms with Crippen LogP contribution in [0.4, 0.5) is 0 Å². The Labute approximate surface area is 89.9 Å². The summed E-state index contributed by atoms with van der Waals surface area (Å²) in [7, 11) is 3.18. The van der Waals surface area contributed by atoms with Crippen molar-refractivity contribution in [3.8, 4) is 0 Å². The van der Waals surface area contributed by atoms with Gasteiger partial charge in [-0.15, -0.1) is 0 Å². The second-order valence-corrected chi connectivity index (χ2v) is 3.00. The fourth-order valence-electron chi connectivity index (χ4n) is 1.27. The first-order valence-corrected chi connectivity index (χ1v) is 4.98. The SMILES string of the molecule is CCOCCn1ccc(C(OC)OC)n1. The highest BCUT2D eigenvalue weighted by Gasteiger charge is 2.11. The highest BCUT2D eigenvalue weighted by molar-refractivity contribution is 5.00. The molecule has 86 valence electrons. The molecule has 0 unspecified atom stereocenters. The van der Waals surface area contributed by atoms with E-state index in [9.17, 15) is 0 Å². The van der Waals surface area contributed by atoms with Gasteiger partial charge in [0.1, 0.15) is 5.69 Å². The standard InChI is InChI=1S/C10H18N2O3/c1-4-15-8-7-12-6-5-9(11-12)10(13-2)14-3/h5-6,10H,4,7-8H2,1-3H3. The van der Waals surface area contributed by atoms with Gasteiger partial charge in [0.15, 0.2) is 0 Å². The zero-order valence-electron chi connectivity index (χ0n) is 9.47. The van der Waals surface area contributed by atoms with Crippen molar-refractivity contribution in [3.05, 3.63) is 18.0 Å².